The standard InChI is InChI=1S/C17H24BrNO2/c1-13-11-19(12-17(2,3)21-13)10-4-5-16(20)14-6-8-15(18)9-7-14/h6-9,13H,4-5,10-12H2,1-3H3. The summed E-state index contributed by atoms with van der Waals surface area (Å²) in [6.07, 6.45) is 1.77. The van der Waals surface area contributed by atoms with Crippen LogP contribution in [0, 0.1) is 0 Å². The molecule has 0 aliphatic carbocycles. The molecule has 0 radical (unpaired) electrons. The zero-order valence-electron chi connectivity index (χ0n) is 13.1. The van der Waals surface area contributed by atoms with E-state index in [1.165, 1.54) is 0 Å². The number of benzene rings is 1. The maximum absolute atomic E-state index is 12.1. The van der Waals surface area contributed by atoms with Crippen LogP contribution < -0.4 is 0 Å². The van der Waals surface area contributed by atoms with Gasteiger partial charge in [0.25, 0.3) is 0 Å². The molecule has 1 aromatic rings. The summed E-state index contributed by atoms with van der Waals surface area (Å²) in [4.78, 5) is 14.5. The monoisotopic (exact) mass is 353 g/mol. The van der Waals surface area contributed by atoms with Crippen LogP contribution in [0.15, 0.2) is 28.7 Å². The summed E-state index contributed by atoms with van der Waals surface area (Å²) in [5.74, 6) is 0.225. The van der Waals surface area contributed by atoms with Gasteiger partial charge in [0.1, 0.15) is 0 Å². The van der Waals surface area contributed by atoms with Crippen LogP contribution in [0.4, 0.5) is 0 Å². The second-order valence-electron chi connectivity index (χ2n) is 6.46. The minimum Gasteiger partial charge on any atom is -0.370 e. The summed E-state index contributed by atoms with van der Waals surface area (Å²) >= 11 is 3.39. The Balaban J connectivity index is 1.78. The third-order valence-electron chi connectivity index (χ3n) is 3.68. The van der Waals surface area contributed by atoms with E-state index in [4.69, 9.17) is 4.74 Å². The van der Waals surface area contributed by atoms with Crippen LogP contribution in [0.5, 0.6) is 0 Å². The van der Waals surface area contributed by atoms with Crippen LogP contribution >= 0.6 is 15.9 Å². The molecule has 2 rings (SSSR count). The fourth-order valence-electron chi connectivity index (χ4n) is 3.00. The van der Waals surface area contributed by atoms with Crippen molar-refractivity contribution in [2.24, 2.45) is 0 Å². The molecule has 1 fully saturated rings. The molecule has 4 heteroatoms. The molecule has 0 spiro atoms. The second-order valence-corrected chi connectivity index (χ2v) is 7.37. The number of morpholine rings is 1. The van der Waals surface area contributed by atoms with Gasteiger partial charge in [0.05, 0.1) is 11.7 Å². The van der Waals surface area contributed by atoms with Gasteiger partial charge in [-0.1, -0.05) is 28.1 Å². The third kappa shape index (κ3) is 5.20. The fraction of sp³-hybridized carbons (Fsp3) is 0.588. The normalized spacial score (nSPS) is 22.2. The first-order valence-electron chi connectivity index (χ1n) is 7.55. The third-order valence-corrected chi connectivity index (χ3v) is 4.21. The number of ketones is 1. The molecule has 0 saturated carbocycles. The molecule has 1 atom stereocenters. The summed E-state index contributed by atoms with van der Waals surface area (Å²) in [6.45, 7) is 9.21. The Morgan fingerprint density at radius 1 is 1.38 bits per heavy atom. The predicted octanol–water partition coefficient (Wildman–Crippen LogP) is 3.91. The predicted molar refractivity (Wildman–Crippen MR) is 88.8 cm³/mol. The summed E-state index contributed by atoms with van der Waals surface area (Å²) in [7, 11) is 0. The fourth-order valence-corrected chi connectivity index (χ4v) is 3.26. The van der Waals surface area contributed by atoms with E-state index in [9.17, 15) is 4.79 Å². The van der Waals surface area contributed by atoms with Crippen molar-refractivity contribution < 1.29 is 9.53 Å². The minimum atomic E-state index is -0.0899. The summed E-state index contributed by atoms with van der Waals surface area (Å²) in [5.41, 5.74) is 0.710. The molecule has 0 aromatic heterocycles. The molecule has 3 nitrogen and oxygen atoms in total. The van der Waals surface area contributed by atoms with Gasteiger partial charge in [0.15, 0.2) is 5.78 Å². The van der Waals surface area contributed by atoms with E-state index < -0.39 is 0 Å². The smallest absolute Gasteiger partial charge is 0.162 e. The lowest BCUT2D eigenvalue weighted by Crippen LogP contribution is -2.51. The quantitative estimate of drug-likeness (QED) is 0.751. The number of Topliss-reactive ketones (excluding diaryl/α,β-unsaturated/α-hetero) is 1. The molecular weight excluding hydrogens is 330 g/mol. The van der Waals surface area contributed by atoms with E-state index in [2.05, 4.69) is 41.6 Å². The highest BCUT2D eigenvalue weighted by Crippen LogP contribution is 2.21. The Bertz CT molecular complexity index is 484. The zero-order chi connectivity index (χ0) is 15.5. The zero-order valence-corrected chi connectivity index (χ0v) is 14.6. The topological polar surface area (TPSA) is 29.5 Å². The van der Waals surface area contributed by atoms with Crippen molar-refractivity contribution >= 4 is 21.7 Å². The lowest BCUT2D eigenvalue weighted by molar-refractivity contribution is -0.128. The van der Waals surface area contributed by atoms with Crippen molar-refractivity contribution in [3.63, 3.8) is 0 Å². The number of hydrogen-bond acceptors (Lipinski definition) is 3. The van der Waals surface area contributed by atoms with Gasteiger partial charge in [0.2, 0.25) is 0 Å². The average Bonchev–Trinajstić information content (AvgIpc) is 2.37. The summed E-state index contributed by atoms with van der Waals surface area (Å²) < 4.78 is 6.90. The summed E-state index contributed by atoms with van der Waals surface area (Å²) in [5, 5.41) is 0. The number of ether oxygens (including phenoxy) is 1. The Morgan fingerprint density at radius 3 is 2.67 bits per heavy atom. The molecule has 1 saturated heterocycles. The molecule has 21 heavy (non-hydrogen) atoms. The van der Waals surface area contributed by atoms with Crippen molar-refractivity contribution in [3.05, 3.63) is 34.3 Å². The van der Waals surface area contributed by atoms with Crippen LogP contribution in [0.2, 0.25) is 0 Å². The second kappa shape index (κ2) is 7.03. The van der Waals surface area contributed by atoms with E-state index in [0.717, 1.165) is 36.1 Å². The van der Waals surface area contributed by atoms with Crippen molar-refractivity contribution in [2.45, 2.75) is 45.3 Å². The number of carbonyl (C=O) groups excluding carboxylic acids is 1. The maximum atomic E-state index is 12.1. The van der Waals surface area contributed by atoms with Crippen molar-refractivity contribution in [3.8, 4) is 0 Å². The molecule has 1 heterocycles. The van der Waals surface area contributed by atoms with Gasteiger partial charge in [-0.05, 0) is 45.9 Å². The van der Waals surface area contributed by atoms with E-state index in [1.54, 1.807) is 0 Å². The van der Waals surface area contributed by atoms with E-state index >= 15 is 0 Å². The Morgan fingerprint density at radius 2 is 2.05 bits per heavy atom. The Kier molecular flexibility index (Phi) is 5.58. The number of carbonyl (C=O) groups is 1. The highest BCUT2D eigenvalue weighted by Gasteiger charge is 2.30. The van der Waals surface area contributed by atoms with Gasteiger partial charge < -0.3 is 4.74 Å². The Hall–Kier alpha value is -0.710. The van der Waals surface area contributed by atoms with Crippen LogP contribution in [-0.2, 0) is 4.74 Å². The Labute approximate surface area is 135 Å². The van der Waals surface area contributed by atoms with Crippen LogP contribution in [0.3, 0.4) is 0 Å². The summed E-state index contributed by atoms with van der Waals surface area (Å²) in [6, 6.07) is 7.59. The van der Waals surface area contributed by atoms with Crippen LogP contribution in [-0.4, -0.2) is 42.0 Å². The molecule has 0 amide bonds. The van der Waals surface area contributed by atoms with Crippen molar-refractivity contribution in [2.75, 3.05) is 19.6 Å². The number of nitrogens with zero attached hydrogens (tertiary/aromatic N) is 1. The van der Waals surface area contributed by atoms with Gasteiger partial charge in [0, 0.05) is 29.5 Å². The first-order chi connectivity index (χ1) is 9.85. The van der Waals surface area contributed by atoms with Crippen LogP contribution in [0.25, 0.3) is 0 Å². The SMILES string of the molecule is CC1CN(CCCC(=O)c2ccc(Br)cc2)CC(C)(C)O1. The molecule has 116 valence electrons. The molecule has 1 aliphatic rings. The van der Waals surface area contributed by atoms with Crippen molar-refractivity contribution in [1.82, 2.24) is 4.90 Å². The largest absolute Gasteiger partial charge is 0.370 e. The number of halogens is 1. The average molecular weight is 354 g/mol. The van der Waals surface area contributed by atoms with E-state index in [-0.39, 0.29) is 17.5 Å². The van der Waals surface area contributed by atoms with Crippen molar-refractivity contribution in [1.29, 1.82) is 0 Å². The molecular formula is C17H24BrNO2. The lowest BCUT2D eigenvalue weighted by atomic mass is 10.0. The van der Waals surface area contributed by atoms with Gasteiger partial charge >= 0.3 is 0 Å². The number of hydrogen-bond donors (Lipinski definition) is 0. The molecule has 1 aromatic carbocycles. The van der Waals surface area contributed by atoms with Gasteiger partial charge in [-0.2, -0.15) is 0 Å². The minimum absolute atomic E-state index is 0.0899. The lowest BCUT2D eigenvalue weighted by Gasteiger charge is -2.41. The van der Waals surface area contributed by atoms with E-state index in [0.29, 0.717) is 6.42 Å². The molecule has 1 aliphatic heterocycles. The van der Waals surface area contributed by atoms with Crippen LogP contribution in [0.1, 0.15) is 44.0 Å². The molecule has 0 bridgehead atoms. The highest BCUT2D eigenvalue weighted by molar-refractivity contribution is 9.10. The van der Waals surface area contributed by atoms with Gasteiger partial charge in [-0.25, -0.2) is 0 Å². The van der Waals surface area contributed by atoms with Gasteiger partial charge in [-0.15, -0.1) is 0 Å². The molecule has 1 unspecified atom stereocenters. The maximum Gasteiger partial charge on any atom is 0.162 e. The first-order valence-corrected chi connectivity index (χ1v) is 8.34. The number of rotatable bonds is 5. The molecule has 0 N–H and O–H groups in total. The van der Waals surface area contributed by atoms with E-state index in [1.807, 2.05) is 24.3 Å². The highest BCUT2D eigenvalue weighted by atomic mass is 79.9. The van der Waals surface area contributed by atoms with Gasteiger partial charge in [-0.3, -0.25) is 9.69 Å². The first kappa shape index (κ1) is 16.7.